The molecule has 0 atom stereocenters. The highest BCUT2D eigenvalue weighted by Crippen LogP contribution is 1.73. The first-order chi connectivity index (χ1) is 3.31. The third kappa shape index (κ3) is 3.05. The quantitative estimate of drug-likeness (QED) is 0.351. The molecule has 0 rings (SSSR count). The number of rotatable bonds is 1. The van der Waals surface area contributed by atoms with Gasteiger partial charge in [-0.05, 0) is 12.8 Å². The highest BCUT2D eigenvalue weighted by atomic mass is 16.1. The first-order valence-electron chi connectivity index (χ1n) is 2.26. The fraction of sp³-hybridized carbons (Fsp3) is 0.500. The SMILES string of the molecule is CC#CC(=O)CC. The lowest BCUT2D eigenvalue weighted by Gasteiger charge is -1.73. The molecule has 1 heteroatoms. The van der Waals surface area contributed by atoms with E-state index in [1.807, 2.05) is 0 Å². The lowest BCUT2D eigenvalue weighted by molar-refractivity contribution is -0.113. The Balaban J connectivity index is 3.52. The van der Waals surface area contributed by atoms with Gasteiger partial charge < -0.3 is 0 Å². The zero-order valence-electron chi connectivity index (χ0n) is 4.62. The zero-order valence-corrected chi connectivity index (χ0v) is 4.62. The Morgan fingerprint density at radius 1 is 1.71 bits per heavy atom. The highest BCUT2D eigenvalue weighted by molar-refractivity contribution is 5.95. The summed E-state index contributed by atoms with van der Waals surface area (Å²) in [5, 5.41) is 0. The molecule has 0 bridgehead atoms. The van der Waals surface area contributed by atoms with Gasteiger partial charge in [0.25, 0.3) is 0 Å². The van der Waals surface area contributed by atoms with Crippen LogP contribution in [0.4, 0.5) is 0 Å². The lowest BCUT2D eigenvalue weighted by Crippen LogP contribution is -1.86. The summed E-state index contributed by atoms with van der Waals surface area (Å²) in [6.07, 6.45) is 0.529. The van der Waals surface area contributed by atoms with Gasteiger partial charge in [0.15, 0.2) is 0 Å². The molecule has 7 heavy (non-hydrogen) atoms. The van der Waals surface area contributed by atoms with Crippen LogP contribution in [0.25, 0.3) is 0 Å². The molecule has 0 unspecified atom stereocenters. The second-order valence-electron chi connectivity index (χ2n) is 1.15. The molecular weight excluding hydrogens is 88.1 g/mol. The topological polar surface area (TPSA) is 17.1 Å². The molecule has 1 nitrogen and oxygen atoms in total. The summed E-state index contributed by atoms with van der Waals surface area (Å²) in [6, 6.07) is 0. The van der Waals surface area contributed by atoms with Gasteiger partial charge in [-0.3, -0.25) is 4.79 Å². The lowest BCUT2D eigenvalue weighted by atomic mass is 10.3. The second kappa shape index (κ2) is 3.42. The van der Waals surface area contributed by atoms with Gasteiger partial charge in [0.05, 0.1) is 0 Å². The predicted octanol–water partition coefficient (Wildman–Crippen LogP) is 0.989. The van der Waals surface area contributed by atoms with E-state index in [9.17, 15) is 4.79 Å². The van der Waals surface area contributed by atoms with Crippen molar-refractivity contribution in [3.63, 3.8) is 0 Å². The van der Waals surface area contributed by atoms with Gasteiger partial charge in [-0.2, -0.15) is 0 Å². The van der Waals surface area contributed by atoms with Crippen LogP contribution < -0.4 is 0 Å². The van der Waals surface area contributed by atoms with Gasteiger partial charge in [-0.15, -0.1) is 0 Å². The largest absolute Gasteiger partial charge is 0.285 e. The van der Waals surface area contributed by atoms with E-state index in [1.165, 1.54) is 0 Å². The molecule has 0 spiro atoms. The van der Waals surface area contributed by atoms with Crippen LogP contribution in [0.3, 0.4) is 0 Å². The molecule has 0 saturated carbocycles. The van der Waals surface area contributed by atoms with Crippen LogP contribution in [0.2, 0.25) is 0 Å². The Labute approximate surface area is 43.7 Å². The van der Waals surface area contributed by atoms with Gasteiger partial charge in [0, 0.05) is 6.42 Å². The van der Waals surface area contributed by atoms with Crippen LogP contribution in [-0.4, -0.2) is 5.78 Å². The average molecular weight is 96.1 g/mol. The van der Waals surface area contributed by atoms with Crippen molar-refractivity contribution in [2.24, 2.45) is 0 Å². The summed E-state index contributed by atoms with van der Waals surface area (Å²) in [5.74, 6) is 4.94. The fourth-order valence-electron chi connectivity index (χ4n) is 0.228. The monoisotopic (exact) mass is 96.1 g/mol. The van der Waals surface area contributed by atoms with E-state index >= 15 is 0 Å². The minimum Gasteiger partial charge on any atom is -0.285 e. The molecule has 0 aliphatic rings. The standard InChI is InChI=1S/C6H8O/c1-3-5-6(7)4-2/h4H2,1-2H3. The highest BCUT2D eigenvalue weighted by Gasteiger charge is 1.84. The summed E-state index contributed by atoms with van der Waals surface area (Å²) in [7, 11) is 0. The number of Topliss-reactive ketones (excluding diaryl/α,β-unsaturated/α-hetero) is 1. The van der Waals surface area contributed by atoms with Gasteiger partial charge >= 0.3 is 0 Å². The van der Waals surface area contributed by atoms with Crippen LogP contribution in [0, 0.1) is 11.8 Å². The molecule has 0 radical (unpaired) electrons. The minimum atomic E-state index is 0.0162. The summed E-state index contributed by atoms with van der Waals surface area (Å²) in [5.41, 5.74) is 0. The maximum Gasteiger partial charge on any atom is 0.205 e. The van der Waals surface area contributed by atoms with Crippen molar-refractivity contribution in [3.05, 3.63) is 0 Å². The van der Waals surface area contributed by atoms with Gasteiger partial charge in [-0.1, -0.05) is 12.8 Å². The van der Waals surface area contributed by atoms with Crippen LogP contribution in [0.5, 0.6) is 0 Å². The van der Waals surface area contributed by atoms with Crippen molar-refractivity contribution >= 4 is 5.78 Å². The Hall–Kier alpha value is -0.770. The summed E-state index contributed by atoms with van der Waals surface area (Å²) in [6.45, 7) is 3.46. The molecule has 0 saturated heterocycles. The molecule has 0 N–H and O–H groups in total. The predicted molar refractivity (Wildman–Crippen MR) is 28.7 cm³/mol. The third-order valence-corrected chi connectivity index (χ3v) is 0.586. The number of carbonyl (C=O) groups excluding carboxylic acids is 1. The van der Waals surface area contributed by atoms with Crippen LogP contribution >= 0.6 is 0 Å². The fourth-order valence-corrected chi connectivity index (χ4v) is 0.228. The average Bonchev–Trinajstić information content (AvgIpc) is 1.68. The Morgan fingerprint density at radius 3 is 2.43 bits per heavy atom. The molecule has 0 amide bonds. The molecule has 0 aliphatic carbocycles. The molecule has 0 heterocycles. The summed E-state index contributed by atoms with van der Waals surface area (Å²) >= 11 is 0. The molecule has 0 aromatic rings. The van der Waals surface area contributed by atoms with Crippen molar-refractivity contribution in [2.45, 2.75) is 20.3 Å². The molecule has 0 aliphatic heterocycles. The Kier molecular flexibility index (Phi) is 3.04. The first kappa shape index (κ1) is 6.23. The zero-order chi connectivity index (χ0) is 5.70. The van der Waals surface area contributed by atoms with E-state index in [2.05, 4.69) is 11.8 Å². The molecular formula is C6H8O. The van der Waals surface area contributed by atoms with Crippen molar-refractivity contribution in [3.8, 4) is 11.8 Å². The van der Waals surface area contributed by atoms with Crippen LogP contribution in [-0.2, 0) is 4.79 Å². The van der Waals surface area contributed by atoms with Crippen molar-refractivity contribution in [1.82, 2.24) is 0 Å². The Morgan fingerprint density at radius 2 is 2.29 bits per heavy atom. The number of carbonyl (C=O) groups is 1. The maximum atomic E-state index is 10.2. The van der Waals surface area contributed by atoms with E-state index in [1.54, 1.807) is 13.8 Å². The summed E-state index contributed by atoms with van der Waals surface area (Å²) in [4.78, 5) is 10.2. The Bertz CT molecular complexity index is 114. The smallest absolute Gasteiger partial charge is 0.205 e. The van der Waals surface area contributed by atoms with Gasteiger partial charge in [0.1, 0.15) is 0 Å². The third-order valence-electron chi connectivity index (χ3n) is 0.586. The normalized spacial score (nSPS) is 6.57. The molecule has 0 aromatic heterocycles. The van der Waals surface area contributed by atoms with Gasteiger partial charge in [-0.25, -0.2) is 0 Å². The van der Waals surface area contributed by atoms with E-state index in [0.29, 0.717) is 6.42 Å². The van der Waals surface area contributed by atoms with Crippen molar-refractivity contribution in [2.75, 3.05) is 0 Å². The molecule has 0 fully saturated rings. The van der Waals surface area contributed by atoms with Crippen LogP contribution in [0.15, 0.2) is 0 Å². The van der Waals surface area contributed by atoms with E-state index < -0.39 is 0 Å². The van der Waals surface area contributed by atoms with E-state index in [4.69, 9.17) is 0 Å². The maximum absolute atomic E-state index is 10.2. The first-order valence-corrected chi connectivity index (χ1v) is 2.26. The van der Waals surface area contributed by atoms with Crippen LogP contribution in [0.1, 0.15) is 20.3 Å². The van der Waals surface area contributed by atoms with E-state index in [-0.39, 0.29) is 5.78 Å². The minimum absolute atomic E-state index is 0.0162. The molecule has 0 aromatic carbocycles. The number of hydrogen-bond donors (Lipinski definition) is 0. The number of ketones is 1. The second-order valence-corrected chi connectivity index (χ2v) is 1.15. The molecule has 38 valence electrons. The van der Waals surface area contributed by atoms with Crippen molar-refractivity contribution in [1.29, 1.82) is 0 Å². The van der Waals surface area contributed by atoms with Gasteiger partial charge in [0.2, 0.25) is 5.78 Å². The van der Waals surface area contributed by atoms with Crippen molar-refractivity contribution < 1.29 is 4.79 Å². The number of hydrogen-bond acceptors (Lipinski definition) is 1. The van der Waals surface area contributed by atoms with E-state index in [0.717, 1.165) is 0 Å². The summed E-state index contributed by atoms with van der Waals surface area (Å²) < 4.78 is 0.